The smallest absolute Gasteiger partial charge is 1.00 e. The van der Waals surface area contributed by atoms with E-state index < -0.39 is 20.2 Å². The first kappa shape index (κ1) is 32.4. The van der Waals surface area contributed by atoms with Crippen LogP contribution in [0.2, 0.25) is 0 Å². The molecule has 10 heteroatoms. The zero-order valence-electron chi connectivity index (χ0n) is 22.9. The number of benzene rings is 4. The van der Waals surface area contributed by atoms with Crippen LogP contribution in [0.1, 0.15) is 25.1 Å². The first-order valence-corrected chi connectivity index (χ1v) is 13.7. The van der Waals surface area contributed by atoms with Gasteiger partial charge in [-0.1, -0.05) is 109 Å². The summed E-state index contributed by atoms with van der Waals surface area (Å²) < 4.78 is 66.0. The van der Waals surface area contributed by atoms with Crippen LogP contribution in [0.15, 0.2) is 107 Å². The molecule has 6 nitrogen and oxygen atoms in total. The van der Waals surface area contributed by atoms with Gasteiger partial charge in [-0.3, -0.25) is 9.11 Å². The van der Waals surface area contributed by atoms with Crippen LogP contribution in [0.3, 0.4) is 0 Å². The number of hydrogen-bond acceptors (Lipinski definition) is 4. The van der Waals surface area contributed by atoms with E-state index in [1.807, 2.05) is 48.5 Å². The quantitative estimate of drug-likeness (QED) is 0.191. The van der Waals surface area contributed by atoms with E-state index in [0.29, 0.717) is 11.1 Å². The molecule has 0 aliphatic carbocycles. The monoisotopic (exact) mass is 566 g/mol. The maximum absolute atomic E-state index is 11.7. The fourth-order valence-electron chi connectivity index (χ4n) is 3.84. The summed E-state index contributed by atoms with van der Waals surface area (Å²) >= 11 is 0. The third kappa shape index (κ3) is 8.09. The molecule has 0 saturated carbocycles. The molecule has 4 rings (SSSR count). The van der Waals surface area contributed by atoms with Crippen LogP contribution >= 0.6 is 0 Å². The molecule has 0 aliphatic rings. The predicted octanol–water partition coefficient (Wildman–Crippen LogP) is 0.421. The fourth-order valence-corrected chi connectivity index (χ4v) is 5.21. The van der Waals surface area contributed by atoms with E-state index in [1.165, 1.54) is 24.3 Å². The van der Waals surface area contributed by atoms with Gasteiger partial charge in [-0.25, -0.2) is 0 Å². The van der Waals surface area contributed by atoms with Gasteiger partial charge in [0.15, 0.2) is 0 Å². The standard InChI is InChI=1S/C28H22O6S2.2Na.2H/c29-35(30,31)27-15-7-3-11-23(27)19-17-21-9-1-5-13-25(21)26-14-6-2-10-22(26)18-20-24-12-4-8-16-28(24)36(32,33)34;;;;/h1-20H,(H,29,30,31)(H,32,33,34);;;;/q;2*+1;2*-1/b19-17+,20-18+;;;;. The molecule has 186 valence electrons. The van der Waals surface area contributed by atoms with Gasteiger partial charge in [0.05, 0.1) is 0 Å². The molecule has 0 aromatic heterocycles. The average molecular weight is 567 g/mol. The summed E-state index contributed by atoms with van der Waals surface area (Å²) in [5.74, 6) is 0. The molecular formula is C28H24Na2O6S2. The van der Waals surface area contributed by atoms with Crippen LogP contribution in [0.25, 0.3) is 35.4 Å². The van der Waals surface area contributed by atoms with Crippen molar-refractivity contribution in [3.63, 3.8) is 0 Å². The van der Waals surface area contributed by atoms with Gasteiger partial charge < -0.3 is 2.85 Å². The van der Waals surface area contributed by atoms with Crippen molar-refractivity contribution in [3.8, 4) is 11.1 Å². The fraction of sp³-hybridized carbons (Fsp3) is 0. The van der Waals surface area contributed by atoms with Gasteiger partial charge in [0.1, 0.15) is 9.79 Å². The van der Waals surface area contributed by atoms with Crippen molar-refractivity contribution in [1.29, 1.82) is 0 Å². The summed E-state index contributed by atoms with van der Waals surface area (Å²) in [6.07, 6.45) is 6.80. The predicted molar refractivity (Wildman–Crippen MR) is 144 cm³/mol. The molecule has 2 N–H and O–H groups in total. The second kappa shape index (κ2) is 14.0. The molecule has 0 unspecified atom stereocenters. The third-order valence-electron chi connectivity index (χ3n) is 5.49. The zero-order chi connectivity index (χ0) is 25.8. The van der Waals surface area contributed by atoms with Gasteiger partial charge in [0.2, 0.25) is 0 Å². The van der Waals surface area contributed by atoms with Gasteiger partial charge in [0, 0.05) is 0 Å². The van der Waals surface area contributed by atoms with Gasteiger partial charge in [0.25, 0.3) is 20.2 Å². The van der Waals surface area contributed by atoms with Crippen molar-refractivity contribution in [2.75, 3.05) is 0 Å². The average Bonchev–Trinajstić information content (AvgIpc) is 2.86. The van der Waals surface area contributed by atoms with E-state index in [1.54, 1.807) is 48.6 Å². The normalized spacial score (nSPS) is 11.7. The second-order valence-electron chi connectivity index (χ2n) is 7.87. The largest absolute Gasteiger partial charge is 1.00 e. The van der Waals surface area contributed by atoms with Crippen LogP contribution in [0.5, 0.6) is 0 Å². The Hall–Kier alpha value is -1.82. The summed E-state index contributed by atoms with van der Waals surface area (Å²) in [5.41, 5.74) is 4.04. The van der Waals surface area contributed by atoms with Crippen LogP contribution in [0.4, 0.5) is 0 Å². The molecule has 0 spiro atoms. The molecule has 0 aliphatic heterocycles. The summed E-state index contributed by atoms with van der Waals surface area (Å²) in [5, 5.41) is 0. The minimum Gasteiger partial charge on any atom is -1.00 e. The van der Waals surface area contributed by atoms with E-state index in [9.17, 15) is 25.9 Å². The molecule has 0 bridgehead atoms. The van der Waals surface area contributed by atoms with E-state index in [-0.39, 0.29) is 71.8 Å². The van der Waals surface area contributed by atoms with E-state index in [2.05, 4.69) is 0 Å². The van der Waals surface area contributed by atoms with E-state index >= 15 is 0 Å². The van der Waals surface area contributed by atoms with Gasteiger partial charge >= 0.3 is 59.1 Å². The molecule has 0 amide bonds. The molecule has 0 saturated heterocycles. The maximum atomic E-state index is 11.7. The van der Waals surface area contributed by atoms with Gasteiger partial charge in [-0.05, 0) is 45.5 Å². The molecule has 38 heavy (non-hydrogen) atoms. The topological polar surface area (TPSA) is 109 Å². The molecule has 0 heterocycles. The molecule has 4 aromatic rings. The van der Waals surface area contributed by atoms with Crippen LogP contribution < -0.4 is 59.1 Å². The number of rotatable bonds is 7. The van der Waals surface area contributed by atoms with Crippen LogP contribution in [0, 0.1) is 0 Å². The van der Waals surface area contributed by atoms with Crippen molar-refractivity contribution in [2.45, 2.75) is 9.79 Å². The first-order valence-electron chi connectivity index (χ1n) is 10.8. The molecular weight excluding hydrogens is 542 g/mol. The molecule has 4 aromatic carbocycles. The maximum Gasteiger partial charge on any atom is 1.00 e. The van der Waals surface area contributed by atoms with Crippen molar-refractivity contribution >= 4 is 44.5 Å². The molecule has 0 fully saturated rings. The number of hydrogen-bond donors (Lipinski definition) is 2. The van der Waals surface area contributed by atoms with Crippen molar-refractivity contribution < 1.29 is 87.9 Å². The Morgan fingerprint density at radius 1 is 0.447 bits per heavy atom. The molecule has 0 radical (unpaired) electrons. The minimum atomic E-state index is -4.38. The Bertz CT molecular complexity index is 1580. The molecule has 0 atom stereocenters. The summed E-state index contributed by atoms with van der Waals surface area (Å²) in [4.78, 5) is -0.362. The Morgan fingerprint density at radius 2 is 0.711 bits per heavy atom. The van der Waals surface area contributed by atoms with Gasteiger partial charge in [-0.15, -0.1) is 0 Å². The van der Waals surface area contributed by atoms with E-state index in [0.717, 1.165) is 22.3 Å². The van der Waals surface area contributed by atoms with E-state index in [4.69, 9.17) is 0 Å². The van der Waals surface area contributed by atoms with Crippen molar-refractivity contribution in [3.05, 3.63) is 119 Å². The Morgan fingerprint density at radius 3 is 1.05 bits per heavy atom. The van der Waals surface area contributed by atoms with Crippen LogP contribution in [-0.4, -0.2) is 25.9 Å². The van der Waals surface area contributed by atoms with Crippen LogP contribution in [-0.2, 0) is 20.2 Å². The second-order valence-corrected chi connectivity index (χ2v) is 10.6. The van der Waals surface area contributed by atoms with Gasteiger partial charge in [-0.2, -0.15) is 16.8 Å². The summed E-state index contributed by atoms with van der Waals surface area (Å²) in [6, 6.07) is 27.4. The summed E-state index contributed by atoms with van der Waals surface area (Å²) in [7, 11) is -8.75. The van der Waals surface area contributed by atoms with Crippen molar-refractivity contribution in [2.24, 2.45) is 0 Å². The Balaban J connectivity index is 0.00000380. The first-order chi connectivity index (χ1) is 17.1. The SMILES string of the molecule is O=S(=O)(O)c1ccccc1/C=C/c1ccccc1-c1ccccc1/C=C/c1ccccc1S(=O)(=O)O.[H-].[H-].[Na+].[Na+]. The Kier molecular flexibility index (Phi) is 11.9. The Labute approximate surface area is 270 Å². The summed E-state index contributed by atoms with van der Waals surface area (Å²) in [6.45, 7) is 0. The zero-order valence-corrected chi connectivity index (χ0v) is 26.5. The third-order valence-corrected chi connectivity index (χ3v) is 7.35. The van der Waals surface area contributed by atoms with Crippen molar-refractivity contribution in [1.82, 2.24) is 0 Å². The minimum absolute atomic E-state index is 0.